The molecule has 0 spiro atoms. The third-order valence-electron chi connectivity index (χ3n) is 4.62. The normalized spacial score (nSPS) is 18.1. The molecule has 27 heavy (non-hydrogen) atoms. The molecule has 0 bridgehead atoms. The smallest absolute Gasteiger partial charge is 0.257 e. The molecule has 1 unspecified atom stereocenters. The third kappa shape index (κ3) is 4.51. The highest BCUT2D eigenvalue weighted by molar-refractivity contribution is 5.96. The monoisotopic (exact) mass is 371 g/mol. The first-order valence-corrected chi connectivity index (χ1v) is 9.00. The van der Waals surface area contributed by atoms with Gasteiger partial charge in [-0.25, -0.2) is 0 Å². The van der Waals surface area contributed by atoms with Gasteiger partial charge in [-0.15, -0.1) is 0 Å². The summed E-state index contributed by atoms with van der Waals surface area (Å²) in [5, 5.41) is 4.22. The topological polar surface area (TPSA) is 80.6 Å². The minimum absolute atomic E-state index is 0.0197. The molecule has 2 aromatic heterocycles. The van der Waals surface area contributed by atoms with Gasteiger partial charge >= 0.3 is 0 Å². The van der Waals surface area contributed by atoms with Crippen molar-refractivity contribution in [1.82, 2.24) is 24.6 Å². The molecule has 3 heterocycles. The summed E-state index contributed by atoms with van der Waals surface area (Å²) < 4.78 is 7.25. The molecule has 0 aromatic carbocycles. The van der Waals surface area contributed by atoms with Gasteiger partial charge in [0.1, 0.15) is 6.54 Å². The first-order valence-electron chi connectivity index (χ1n) is 9.00. The fourth-order valence-electron chi connectivity index (χ4n) is 3.06. The molecule has 8 heteroatoms. The van der Waals surface area contributed by atoms with Crippen molar-refractivity contribution in [2.45, 2.75) is 32.5 Å². The van der Waals surface area contributed by atoms with Crippen LogP contribution in [0.1, 0.15) is 35.8 Å². The lowest BCUT2D eigenvalue weighted by Gasteiger charge is -2.23. The Labute approximate surface area is 158 Å². The number of ether oxygens (including phenoxy) is 1. The molecule has 0 radical (unpaired) electrons. The molecule has 144 valence electrons. The van der Waals surface area contributed by atoms with Crippen LogP contribution in [0.5, 0.6) is 0 Å². The Morgan fingerprint density at radius 2 is 2.15 bits per heavy atom. The number of carbonyl (C=O) groups is 2. The van der Waals surface area contributed by atoms with E-state index >= 15 is 0 Å². The molecule has 0 N–H and O–H groups in total. The van der Waals surface area contributed by atoms with Gasteiger partial charge < -0.3 is 14.5 Å². The fraction of sp³-hybridized carbons (Fsp3) is 0.474. The van der Waals surface area contributed by atoms with E-state index in [1.165, 1.54) is 0 Å². The van der Waals surface area contributed by atoms with Crippen LogP contribution >= 0.6 is 0 Å². The van der Waals surface area contributed by atoms with Gasteiger partial charge in [0.25, 0.3) is 5.91 Å². The second-order valence-corrected chi connectivity index (χ2v) is 6.98. The van der Waals surface area contributed by atoms with Crippen molar-refractivity contribution in [2.24, 2.45) is 0 Å². The average Bonchev–Trinajstić information content (AvgIpc) is 3.10. The van der Waals surface area contributed by atoms with Gasteiger partial charge in [0.15, 0.2) is 0 Å². The van der Waals surface area contributed by atoms with Crippen LogP contribution in [-0.2, 0) is 16.1 Å². The summed E-state index contributed by atoms with van der Waals surface area (Å²) in [6, 6.07) is 3.93. The summed E-state index contributed by atoms with van der Waals surface area (Å²) in [6.07, 6.45) is 6.45. The molecule has 1 fully saturated rings. The number of aromatic nitrogens is 3. The number of hydrogen-bond acceptors (Lipinski definition) is 5. The van der Waals surface area contributed by atoms with E-state index in [0.717, 1.165) is 5.56 Å². The highest BCUT2D eigenvalue weighted by Crippen LogP contribution is 2.15. The van der Waals surface area contributed by atoms with Gasteiger partial charge in [0, 0.05) is 51.4 Å². The van der Waals surface area contributed by atoms with Crippen molar-refractivity contribution < 1.29 is 14.3 Å². The molecule has 1 saturated heterocycles. The largest absolute Gasteiger partial charge is 0.378 e. The summed E-state index contributed by atoms with van der Waals surface area (Å²) in [4.78, 5) is 33.0. The van der Waals surface area contributed by atoms with Crippen molar-refractivity contribution in [2.75, 3.05) is 26.7 Å². The maximum absolute atomic E-state index is 12.9. The summed E-state index contributed by atoms with van der Waals surface area (Å²) in [5.74, 6) is -0.316. The van der Waals surface area contributed by atoms with E-state index in [4.69, 9.17) is 4.74 Å². The molecule has 1 aliphatic rings. The molecule has 0 aliphatic carbocycles. The van der Waals surface area contributed by atoms with Gasteiger partial charge in [0.05, 0.1) is 17.9 Å². The molecule has 3 rings (SSSR count). The van der Waals surface area contributed by atoms with E-state index in [0.29, 0.717) is 25.2 Å². The maximum atomic E-state index is 12.9. The Morgan fingerprint density at radius 3 is 2.78 bits per heavy atom. The number of carbonyl (C=O) groups excluding carboxylic acids is 2. The summed E-state index contributed by atoms with van der Waals surface area (Å²) in [6.45, 7) is 5.24. The average molecular weight is 371 g/mol. The standard InChI is InChI=1S/C19H25N5O3/c1-14(2)24-10-16(8-21-24)19(26)23-12-17(27-3)11-22(18(25)13-23)9-15-5-4-6-20-7-15/h4-8,10,14,17H,9,11-13H2,1-3H3. The lowest BCUT2D eigenvalue weighted by molar-refractivity contribution is -0.132. The van der Waals surface area contributed by atoms with Crippen LogP contribution in [0.4, 0.5) is 0 Å². The quantitative estimate of drug-likeness (QED) is 0.793. The van der Waals surface area contributed by atoms with E-state index < -0.39 is 0 Å². The molecule has 1 atom stereocenters. The van der Waals surface area contributed by atoms with E-state index in [9.17, 15) is 9.59 Å². The minimum Gasteiger partial charge on any atom is -0.378 e. The van der Waals surface area contributed by atoms with Gasteiger partial charge in [-0.3, -0.25) is 19.3 Å². The van der Waals surface area contributed by atoms with Crippen molar-refractivity contribution in [3.05, 3.63) is 48.0 Å². The van der Waals surface area contributed by atoms with E-state index in [1.807, 2.05) is 26.0 Å². The molecule has 0 saturated carbocycles. The SMILES string of the molecule is COC1CN(Cc2cccnc2)C(=O)CN(C(=O)c2cnn(C(C)C)c2)C1. The zero-order valence-corrected chi connectivity index (χ0v) is 15.9. The van der Waals surface area contributed by atoms with Crippen LogP contribution in [-0.4, -0.2) is 69.2 Å². The number of pyridine rings is 1. The number of amides is 2. The second kappa shape index (κ2) is 8.30. The highest BCUT2D eigenvalue weighted by atomic mass is 16.5. The number of nitrogens with zero attached hydrogens (tertiary/aromatic N) is 5. The van der Waals surface area contributed by atoms with Gasteiger partial charge in [-0.2, -0.15) is 5.10 Å². The summed E-state index contributed by atoms with van der Waals surface area (Å²) in [5.41, 5.74) is 1.42. The number of methoxy groups -OCH3 is 1. The fourth-order valence-corrected chi connectivity index (χ4v) is 3.06. The Kier molecular flexibility index (Phi) is 5.85. The van der Waals surface area contributed by atoms with Crippen LogP contribution in [0.25, 0.3) is 0 Å². The minimum atomic E-state index is -0.253. The van der Waals surface area contributed by atoms with Gasteiger partial charge in [0.2, 0.25) is 5.91 Å². The maximum Gasteiger partial charge on any atom is 0.257 e. The third-order valence-corrected chi connectivity index (χ3v) is 4.62. The summed E-state index contributed by atoms with van der Waals surface area (Å²) >= 11 is 0. The predicted octanol–water partition coefficient (Wildman–Crippen LogP) is 1.36. The second-order valence-electron chi connectivity index (χ2n) is 6.98. The van der Waals surface area contributed by atoms with Crippen molar-refractivity contribution in [3.8, 4) is 0 Å². The Morgan fingerprint density at radius 1 is 1.33 bits per heavy atom. The summed E-state index contributed by atoms with van der Waals surface area (Å²) in [7, 11) is 1.60. The molecule has 2 amide bonds. The molecule has 8 nitrogen and oxygen atoms in total. The lowest BCUT2D eigenvalue weighted by Crippen LogP contribution is -2.39. The van der Waals surface area contributed by atoms with E-state index in [-0.39, 0.29) is 30.5 Å². The first kappa shape index (κ1) is 19.0. The molecule has 1 aliphatic heterocycles. The van der Waals surface area contributed by atoms with Crippen LogP contribution in [0.3, 0.4) is 0 Å². The zero-order chi connectivity index (χ0) is 19.4. The van der Waals surface area contributed by atoms with Gasteiger partial charge in [-0.1, -0.05) is 6.07 Å². The predicted molar refractivity (Wildman–Crippen MR) is 99.0 cm³/mol. The van der Waals surface area contributed by atoms with Crippen LogP contribution in [0.15, 0.2) is 36.9 Å². The lowest BCUT2D eigenvalue weighted by atomic mass is 10.2. The zero-order valence-electron chi connectivity index (χ0n) is 15.9. The Bertz CT molecular complexity index is 790. The molecular formula is C19H25N5O3. The highest BCUT2D eigenvalue weighted by Gasteiger charge is 2.31. The molecular weight excluding hydrogens is 346 g/mol. The number of rotatable bonds is 5. The Balaban J connectivity index is 1.75. The first-order chi connectivity index (χ1) is 13.0. The van der Waals surface area contributed by atoms with E-state index in [1.54, 1.807) is 46.4 Å². The van der Waals surface area contributed by atoms with Crippen LogP contribution < -0.4 is 0 Å². The van der Waals surface area contributed by atoms with Crippen LogP contribution in [0, 0.1) is 0 Å². The number of hydrogen-bond donors (Lipinski definition) is 0. The Hall–Kier alpha value is -2.74. The van der Waals surface area contributed by atoms with E-state index in [2.05, 4.69) is 10.1 Å². The van der Waals surface area contributed by atoms with Crippen molar-refractivity contribution >= 4 is 11.8 Å². The van der Waals surface area contributed by atoms with Crippen molar-refractivity contribution in [1.29, 1.82) is 0 Å². The van der Waals surface area contributed by atoms with Crippen molar-refractivity contribution in [3.63, 3.8) is 0 Å². The molecule has 2 aromatic rings. The van der Waals surface area contributed by atoms with Crippen LogP contribution in [0.2, 0.25) is 0 Å². The van der Waals surface area contributed by atoms with Gasteiger partial charge in [-0.05, 0) is 25.5 Å².